The van der Waals surface area contributed by atoms with Crippen LogP contribution in [0.1, 0.15) is 37.7 Å². The minimum Gasteiger partial charge on any atom is -0.393 e. The molecule has 0 aromatic heterocycles. The fourth-order valence-corrected chi connectivity index (χ4v) is 4.05. The fraction of sp³-hybridized carbons (Fsp3) is 0.625. The van der Waals surface area contributed by atoms with Gasteiger partial charge in [0, 0.05) is 6.42 Å². The number of benzene rings is 1. The van der Waals surface area contributed by atoms with E-state index in [0.29, 0.717) is 5.92 Å². The van der Waals surface area contributed by atoms with Crippen LogP contribution in [0.5, 0.6) is 0 Å². The molecule has 1 aromatic carbocycles. The second-order valence-corrected chi connectivity index (χ2v) is 6.26. The van der Waals surface area contributed by atoms with Crippen molar-refractivity contribution in [3.8, 4) is 0 Å². The Bertz CT molecular complexity index is 460. The van der Waals surface area contributed by atoms with Crippen LogP contribution in [0.15, 0.2) is 18.2 Å². The van der Waals surface area contributed by atoms with Crippen LogP contribution >= 0.6 is 0 Å². The summed E-state index contributed by atoms with van der Waals surface area (Å²) in [4.78, 5) is 0. The van der Waals surface area contributed by atoms with Crippen molar-refractivity contribution in [3.05, 3.63) is 35.4 Å². The summed E-state index contributed by atoms with van der Waals surface area (Å²) in [7, 11) is 0. The molecule has 4 atom stereocenters. The van der Waals surface area contributed by atoms with E-state index in [2.05, 4.69) is 0 Å². The Balaban J connectivity index is 1.59. The van der Waals surface area contributed by atoms with Crippen molar-refractivity contribution in [1.82, 2.24) is 0 Å². The third kappa shape index (κ3) is 2.81. The zero-order valence-corrected chi connectivity index (χ0v) is 11.0. The third-order valence-electron chi connectivity index (χ3n) is 4.92. The number of hydrogen-bond acceptors (Lipinski definition) is 1. The highest BCUT2D eigenvalue weighted by atomic mass is 19.1. The summed E-state index contributed by atoms with van der Waals surface area (Å²) < 4.78 is 26.6. The maximum absolute atomic E-state index is 13.5. The largest absolute Gasteiger partial charge is 0.393 e. The van der Waals surface area contributed by atoms with Gasteiger partial charge in [-0.05, 0) is 67.2 Å². The molecule has 0 spiro atoms. The molecule has 2 bridgehead atoms. The summed E-state index contributed by atoms with van der Waals surface area (Å²) in [5, 5.41) is 10.1. The molecule has 1 nitrogen and oxygen atoms in total. The molecule has 0 heterocycles. The molecule has 2 aliphatic carbocycles. The maximum Gasteiger partial charge on any atom is 0.126 e. The first kappa shape index (κ1) is 13.0. The number of hydrogen-bond donors (Lipinski definition) is 1. The summed E-state index contributed by atoms with van der Waals surface area (Å²) >= 11 is 0. The van der Waals surface area contributed by atoms with Crippen LogP contribution in [-0.2, 0) is 6.42 Å². The van der Waals surface area contributed by atoms with Crippen LogP contribution in [0, 0.1) is 29.4 Å². The standard InChI is InChI=1S/C16H20F2O/c17-14-3-4-16(18)13(7-14)9-15(19)8-12-6-10-1-2-11(12)5-10/h3-4,7,10-12,15,19H,1-2,5-6,8-9H2. The van der Waals surface area contributed by atoms with Crippen molar-refractivity contribution in [2.45, 2.75) is 44.6 Å². The zero-order chi connectivity index (χ0) is 13.4. The van der Waals surface area contributed by atoms with Gasteiger partial charge in [0.25, 0.3) is 0 Å². The van der Waals surface area contributed by atoms with Gasteiger partial charge >= 0.3 is 0 Å². The molecule has 19 heavy (non-hydrogen) atoms. The lowest BCUT2D eigenvalue weighted by molar-refractivity contribution is 0.124. The molecule has 1 aromatic rings. The van der Waals surface area contributed by atoms with Crippen molar-refractivity contribution in [3.63, 3.8) is 0 Å². The molecule has 0 radical (unpaired) electrons. The predicted octanol–water partition coefficient (Wildman–Crippen LogP) is 3.69. The van der Waals surface area contributed by atoms with Crippen LogP contribution in [0.25, 0.3) is 0 Å². The molecule has 4 unspecified atom stereocenters. The van der Waals surface area contributed by atoms with Crippen molar-refractivity contribution in [2.24, 2.45) is 17.8 Å². The minimum absolute atomic E-state index is 0.220. The lowest BCUT2D eigenvalue weighted by atomic mass is 9.84. The average molecular weight is 266 g/mol. The van der Waals surface area contributed by atoms with Gasteiger partial charge in [-0.25, -0.2) is 8.78 Å². The van der Waals surface area contributed by atoms with E-state index in [0.717, 1.165) is 30.4 Å². The van der Waals surface area contributed by atoms with Gasteiger partial charge in [0.15, 0.2) is 0 Å². The molecule has 1 N–H and O–H groups in total. The van der Waals surface area contributed by atoms with E-state index in [1.807, 2.05) is 0 Å². The van der Waals surface area contributed by atoms with Gasteiger partial charge in [0.05, 0.1) is 6.10 Å². The van der Waals surface area contributed by atoms with Crippen LogP contribution in [0.4, 0.5) is 8.78 Å². The van der Waals surface area contributed by atoms with E-state index >= 15 is 0 Å². The molecule has 0 saturated heterocycles. The Morgan fingerprint density at radius 3 is 2.74 bits per heavy atom. The van der Waals surface area contributed by atoms with Gasteiger partial charge in [-0.1, -0.05) is 6.42 Å². The van der Waals surface area contributed by atoms with Crippen LogP contribution < -0.4 is 0 Å². The summed E-state index contributed by atoms with van der Waals surface area (Å²) in [5.74, 6) is 1.34. The predicted molar refractivity (Wildman–Crippen MR) is 69.6 cm³/mol. The van der Waals surface area contributed by atoms with E-state index in [4.69, 9.17) is 0 Å². The van der Waals surface area contributed by atoms with Crippen molar-refractivity contribution < 1.29 is 13.9 Å². The molecule has 0 amide bonds. The SMILES string of the molecule is OC(Cc1cc(F)ccc1F)CC1CC2CCC1C2. The summed E-state index contributed by atoms with van der Waals surface area (Å²) in [5.41, 5.74) is 0.288. The van der Waals surface area contributed by atoms with Crippen LogP contribution in [0.2, 0.25) is 0 Å². The number of aliphatic hydroxyl groups is 1. The van der Waals surface area contributed by atoms with E-state index < -0.39 is 17.7 Å². The normalized spacial score (nSPS) is 30.8. The van der Waals surface area contributed by atoms with Gasteiger partial charge < -0.3 is 5.11 Å². The first-order chi connectivity index (χ1) is 9.11. The van der Waals surface area contributed by atoms with E-state index in [9.17, 15) is 13.9 Å². The molecule has 2 saturated carbocycles. The summed E-state index contributed by atoms with van der Waals surface area (Å²) in [6, 6.07) is 3.44. The molecule has 2 fully saturated rings. The highest BCUT2D eigenvalue weighted by Gasteiger charge is 2.39. The quantitative estimate of drug-likeness (QED) is 0.881. The third-order valence-corrected chi connectivity index (χ3v) is 4.92. The smallest absolute Gasteiger partial charge is 0.126 e. The topological polar surface area (TPSA) is 20.2 Å². The molecule has 3 heteroatoms. The lowest BCUT2D eigenvalue weighted by Gasteiger charge is -2.24. The first-order valence-corrected chi connectivity index (χ1v) is 7.24. The zero-order valence-electron chi connectivity index (χ0n) is 11.0. The Kier molecular flexibility index (Phi) is 3.57. The first-order valence-electron chi connectivity index (χ1n) is 7.24. The summed E-state index contributed by atoms with van der Waals surface area (Å²) in [6.07, 6.45) is 5.56. The Morgan fingerprint density at radius 1 is 1.21 bits per heavy atom. The minimum atomic E-state index is -0.555. The Hall–Kier alpha value is -0.960. The molecule has 104 valence electrons. The molecule has 3 rings (SSSR count). The highest BCUT2D eigenvalue weighted by molar-refractivity contribution is 5.19. The molecule has 2 aliphatic rings. The maximum atomic E-state index is 13.5. The average Bonchev–Trinajstić information content (AvgIpc) is 2.96. The van der Waals surface area contributed by atoms with Gasteiger partial charge in [-0.3, -0.25) is 0 Å². The second-order valence-electron chi connectivity index (χ2n) is 6.26. The van der Waals surface area contributed by atoms with Gasteiger partial charge in [0.2, 0.25) is 0 Å². The highest BCUT2D eigenvalue weighted by Crippen LogP contribution is 2.49. The summed E-state index contributed by atoms with van der Waals surface area (Å²) in [6.45, 7) is 0. The van der Waals surface area contributed by atoms with Gasteiger partial charge in [-0.15, -0.1) is 0 Å². The van der Waals surface area contributed by atoms with E-state index in [-0.39, 0.29) is 12.0 Å². The number of halogens is 2. The van der Waals surface area contributed by atoms with E-state index in [1.54, 1.807) is 0 Å². The van der Waals surface area contributed by atoms with Crippen molar-refractivity contribution in [1.29, 1.82) is 0 Å². The molecule has 0 aliphatic heterocycles. The fourth-order valence-electron chi connectivity index (χ4n) is 4.05. The monoisotopic (exact) mass is 266 g/mol. The second kappa shape index (κ2) is 5.20. The number of aliphatic hydroxyl groups excluding tert-OH is 1. The van der Waals surface area contributed by atoms with Crippen molar-refractivity contribution in [2.75, 3.05) is 0 Å². The number of rotatable bonds is 4. The van der Waals surface area contributed by atoms with Crippen molar-refractivity contribution >= 4 is 0 Å². The molecular weight excluding hydrogens is 246 g/mol. The van der Waals surface area contributed by atoms with Gasteiger partial charge in [0.1, 0.15) is 11.6 Å². The number of fused-ring (bicyclic) bond motifs is 2. The van der Waals surface area contributed by atoms with Crippen LogP contribution in [-0.4, -0.2) is 11.2 Å². The Labute approximate surface area is 112 Å². The van der Waals surface area contributed by atoms with Gasteiger partial charge in [-0.2, -0.15) is 0 Å². The molecular formula is C16H20F2O. The van der Waals surface area contributed by atoms with Crippen LogP contribution in [0.3, 0.4) is 0 Å². The Morgan fingerprint density at radius 2 is 2.05 bits per heavy atom. The lowest BCUT2D eigenvalue weighted by Crippen LogP contribution is -2.20. The van der Waals surface area contributed by atoms with E-state index in [1.165, 1.54) is 31.7 Å².